The normalized spacial score (nSPS) is 10.9. The molecule has 0 unspecified atom stereocenters. The third-order valence-corrected chi connectivity index (χ3v) is 5.06. The number of benzene rings is 2. The van der Waals surface area contributed by atoms with Crippen molar-refractivity contribution in [1.82, 2.24) is 9.78 Å². The fraction of sp³-hybridized carbons (Fsp3) is 0.158. The molecule has 0 bridgehead atoms. The maximum absolute atomic E-state index is 14.0. The summed E-state index contributed by atoms with van der Waals surface area (Å²) in [5, 5.41) is 10.3. The summed E-state index contributed by atoms with van der Waals surface area (Å²) in [5.41, 5.74) is 1.03. The van der Waals surface area contributed by atoms with E-state index < -0.39 is 41.2 Å². The maximum Gasteiger partial charge on any atom is 0.200 e. The number of hydrogen-bond acceptors (Lipinski definition) is 2. The lowest BCUT2D eigenvalue weighted by Crippen LogP contribution is -2.20. The van der Waals surface area contributed by atoms with Crippen molar-refractivity contribution in [1.29, 1.82) is 0 Å². The molecule has 0 aliphatic heterocycles. The van der Waals surface area contributed by atoms with E-state index in [0.29, 0.717) is 17.1 Å². The SMILES string of the molecule is Cc1nn(Cc2c(F)c(F)c(F)c(F)c2F)c(C)c1NC(=S)Nc1ccc(Br)cc1. The van der Waals surface area contributed by atoms with Crippen molar-refractivity contribution < 1.29 is 22.0 Å². The van der Waals surface area contributed by atoms with E-state index in [1.54, 1.807) is 26.0 Å². The molecule has 0 spiro atoms. The Hall–Kier alpha value is -2.53. The Bertz CT molecular complexity index is 1100. The topological polar surface area (TPSA) is 41.9 Å². The van der Waals surface area contributed by atoms with Gasteiger partial charge in [-0.1, -0.05) is 15.9 Å². The maximum atomic E-state index is 14.0. The highest BCUT2D eigenvalue weighted by atomic mass is 79.9. The summed E-state index contributed by atoms with van der Waals surface area (Å²) in [6, 6.07) is 7.24. The fourth-order valence-electron chi connectivity index (χ4n) is 2.78. The number of rotatable bonds is 4. The lowest BCUT2D eigenvalue weighted by Gasteiger charge is -2.12. The van der Waals surface area contributed by atoms with Gasteiger partial charge in [-0.15, -0.1) is 0 Å². The zero-order valence-electron chi connectivity index (χ0n) is 15.6. The third kappa shape index (κ3) is 4.31. The van der Waals surface area contributed by atoms with Gasteiger partial charge < -0.3 is 10.6 Å². The Balaban J connectivity index is 1.84. The molecule has 3 rings (SSSR count). The van der Waals surface area contributed by atoms with Crippen molar-refractivity contribution >= 4 is 44.6 Å². The van der Waals surface area contributed by atoms with Crippen LogP contribution in [0.15, 0.2) is 28.7 Å². The third-order valence-electron chi connectivity index (χ3n) is 4.33. The van der Waals surface area contributed by atoms with E-state index in [0.717, 1.165) is 14.8 Å². The van der Waals surface area contributed by atoms with E-state index in [1.165, 1.54) is 0 Å². The van der Waals surface area contributed by atoms with Crippen molar-refractivity contribution in [2.75, 3.05) is 10.6 Å². The molecule has 30 heavy (non-hydrogen) atoms. The largest absolute Gasteiger partial charge is 0.332 e. The van der Waals surface area contributed by atoms with Gasteiger partial charge in [0.1, 0.15) is 0 Å². The van der Waals surface area contributed by atoms with Gasteiger partial charge >= 0.3 is 0 Å². The molecule has 0 aliphatic rings. The summed E-state index contributed by atoms with van der Waals surface area (Å²) in [7, 11) is 0. The molecule has 2 aromatic carbocycles. The van der Waals surface area contributed by atoms with Gasteiger partial charge in [-0.25, -0.2) is 22.0 Å². The highest BCUT2D eigenvalue weighted by molar-refractivity contribution is 9.10. The first kappa shape index (κ1) is 22.2. The minimum Gasteiger partial charge on any atom is -0.332 e. The van der Waals surface area contributed by atoms with Gasteiger partial charge in [0.25, 0.3) is 0 Å². The van der Waals surface area contributed by atoms with Crippen LogP contribution in [-0.2, 0) is 6.54 Å². The van der Waals surface area contributed by atoms with Gasteiger partial charge in [0, 0.05) is 10.2 Å². The Kier molecular flexibility index (Phi) is 6.41. The van der Waals surface area contributed by atoms with Crippen LogP contribution in [-0.4, -0.2) is 14.9 Å². The lowest BCUT2D eigenvalue weighted by atomic mass is 10.1. The summed E-state index contributed by atoms with van der Waals surface area (Å²) < 4.78 is 70.2. The van der Waals surface area contributed by atoms with E-state index in [1.807, 2.05) is 12.1 Å². The van der Waals surface area contributed by atoms with Crippen LogP contribution in [0.5, 0.6) is 0 Å². The Morgan fingerprint density at radius 1 is 0.933 bits per heavy atom. The Morgan fingerprint density at radius 2 is 1.47 bits per heavy atom. The first-order chi connectivity index (χ1) is 14.1. The molecule has 0 saturated heterocycles. The predicted molar refractivity (Wildman–Crippen MR) is 111 cm³/mol. The van der Waals surface area contributed by atoms with E-state index in [-0.39, 0.29) is 5.11 Å². The highest BCUT2D eigenvalue weighted by Gasteiger charge is 2.26. The second-order valence-electron chi connectivity index (χ2n) is 6.34. The van der Waals surface area contributed by atoms with Crippen LogP contribution in [0, 0.1) is 42.9 Å². The number of nitrogens with zero attached hydrogens (tertiary/aromatic N) is 2. The summed E-state index contributed by atoms with van der Waals surface area (Å²) in [6.45, 7) is 2.55. The van der Waals surface area contributed by atoms with E-state index in [2.05, 4.69) is 31.7 Å². The van der Waals surface area contributed by atoms with Crippen LogP contribution < -0.4 is 10.6 Å². The van der Waals surface area contributed by atoms with E-state index in [4.69, 9.17) is 12.2 Å². The van der Waals surface area contributed by atoms with Crippen LogP contribution in [0.4, 0.5) is 33.3 Å². The molecule has 4 nitrogen and oxygen atoms in total. The number of halogens is 6. The number of anilines is 2. The monoisotopic (exact) mass is 504 g/mol. The van der Waals surface area contributed by atoms with Crippen molar-refractivity contribution in [3.05, 3.63) is 74.8 Å². The minimum absolute atomic E-state index is 0.235. The summed E-state index contributed by atoms with van der Waals surface area (Å²) >= 11 is 8.60. The van der Waals surface area contributed by atoms with Crippen LogP contribution in [0.25, 0.3) is 0 Å². The van der Waals surface area contributed by atoms with Crippen molar-refractivity contribution in [2.45, 2.75) is 20.4 Å². The summed E-state index contributed by atoms with van der Waals surface area (Å²) in [4.78, 5) is 0. The number of thiocarbonyl (C=S) groups is 1. The molecular weight excluding hydrogens is 491 g/mol. The van der Waals surface area contributed by atoms with Gasteiger partial charge in [0.2, 0.25) is 5.82 Å². The average Bonchev–Trinajstić information content (AvgIpc) is 2.97. The fourth-order valence-corrected chi connectivity index (χ4v) is 3.26. The van der Waals surface area contributed by atoms with Crippen LogP contribution in [0.3, 0.4) is 0 Å². The molecule has 11 heteroatoms. The average molecular weight is 505 g/mol. The molecule has 1 heterocycles. The number of aromatic nitrogens is 2. The van der Waals surface area contributed by atoms with Crippen molar-refractivity contribution in [2.24, 2.45) is 0 Å². The smallest absolute Gasteiger partial charge is 0.200 e. The molecule has 158 valence electrons. The first-order valence-corrected chi connectivity index (χ1v) is 9.68. The molecule has 3 aromatic rings. The summed E-state index contributed by atoms with van der Waals surface area (Å²) in [6.07, 6.45) is 0. The molecule has 0 fully saturated rings. The van der Waals surface area contributed by atoms with Gasteiger partial charge in [-0.3, -0.25) is 4.68 Å². The van der Waals surface area contributed by atoms with Gasteiger partial charge in [0.15, 0.2) is 28.4 Å². The van der Waals surface area contributed by atoms with Crippen LogP contribution in [0.2, 0.25) is 0 Å². The number of aryl methyl sites for hydroxylation is 1. The minimum atomic E-state index is -2.20. The molecule has 0 saturated carbocycles. The Labute approximate surface area is 182 Å². The standard InChI is InChI=1S/C19H14BrF5N4S/c1-8-18(27-19(30)26-11-5-3-10(20)4-6-11)9(2)29(28-8)7-12-13(21)15(23)17(25)16(24)14(12)22/h3-6H,7H2,1-2H3,(H2,26,27,30). The van der Waals surface area contributed by atoms with Crippen LogP contribution in [0.1, 0.15) is 17.0 Å². The first-order valence-electron chi connectivity index (χ1n) is 8.48. The molecule has 2 N–H and O–H groups in total. The van der Waals surface area contributed by atoms with Gasteiger partial charge in [0.05, 0.1) is 29.2 Å². The second-order valence-corrected chi connectivity index (χ2v) is 7.66. The summed E-state index contributed by atoms with van der Waals surface area (Å²) in [5.74, 6) is -9.97. The van der Waals surface area contributed by atoms with Gasteiger partial charge in [-0.2, -0.15) is 5.10 Å². The zero-order valence-corrected chi connectivity index (χ0v) is 18.0. The predicted octanol–water partition coefficient (Wildman–Crippen LogP) is 5.82. The molecule has 0 aliphatic carbocycles. The van der Waals surface area contributed by atoms with Crippen molar-refractivity contribution in [3.8, 4) is 0 Å². The molecule has 0 amide bonds. The molecule has 0 atom stereocenters. The molecule has 0 radical (unpaired) electrons. The quantitative estimate of drug-likeness (QED) is 0.203. The molecule has 1 aromatic heterocycles. The van der Waals surface area contributed by atoms with Gasteiger partial charge in [-0.05, 0) is 50.3 Å². The zero-order chi connectivity index (χ0) is 22.2. The highest BCUT2D eigenvalue weighted by Crippen LogP contribution is 2.26. The van der Waals surface area contributed by atoms with E-state index in [9.17, 15) is 22.0 Å². The number of nitrogens with one attached hydrogen (secondary N) is 2. The van der Waals surface area contributed by atoms with Crippen molar-refractivity contribution in [3.63, 3.8) is 0 Å². The van der Waals surface area contributed by atoms with E-state index >= 15 is 0 Å². The number of hydrogen-bond donors (Lipinski definition) is 2. The van der Waals surface area contributed by atoms with Crippen LogP contribution >= 0.6 is 28.1 Å². The molecular formula is C19H14BrF5N4S. The Morgan fingerprint density at radius 3 is 2.03 bits per heavy atom. The second kappa shape index (κ2) is 8.68. The lowest BCUT2D eigenvalue weighted by molar-refractivity contribution is 0.366.